The highest BCUT2D eigenvalue weighted by Crippen LogP contribution is 2.52. The van der Waals surface area contributed by atoms with Gasteiger partial charge in [-0.05, 0) is 29.8 Å². The summed E-state index contributed by atoms with van der Waals surface area (Å²) in [7, 11) is 4.45. The smallest absolute Gasteiger partial charge is 0.200 e. The number of ether oxygens (including phenoxy) is 4. The van der Waals surface area contributed by atoms with Crippen molar-refractivity contribution in [1.82, 2.24) is 0 Å². The molecular weight excluding hydrogens is 364 g/mol. The van der Waals surface area contributed by atoms with Crippen molar-refractivity contribution in [2.45, 2.75) is 12.0 Å². The predicted molar refractivity (Wildman–Crippen MR) is 104 cm³/mol. The van der Waals surface area contributed by atoms with Crippen molar-refractivity contribution >= 4 is 6.08 Å². The van der Waals surface area contributed by atoms with Gasteiger partial charge >= 0.3 is 0 Å². The molecule has 3 N–H and O–H groups in total. The van der Waals surface area contributed by atoms with Gasteiger partial charge in [-0.2, -0.15) is 0 Å². The first-order valence-electron chi connectivity index (χ1n) is 8.79. The van der Waals surface area contributed by atoms with Gasteiger partial charge in [-0.25, -0.2) is 0 Å². The Morgan fingerprint density at radius 2 is 1.61 bits per heavy atom. The number of aromatic hydroxyl groups is 1. The Hall–Kier alpha value is -2.90. The minimum absolute atomic E-state index is 0.0744. The molecule has 0 aliphatic carbocycles. The minimum atomic E-state index is -0.519. The monoisotopic (exact) mass is 388 g/mol. The number of methoxy groups -OCH3 is 3. The zero-order valence-corrected chi connectivity index (χ0v) is 16.0. The molecule has 7 heteroatoms. The summed E-state index contributed by atoms with van der Waals surface area (Å²) in [5.41, 5.74) is 2.32. The van der Waals surface area contributed by atoms with Crippen LogP contribution in [0.4, 0.5) is 0 Å². The Morgan fingerprint density at radius 1 is 0.964 bits per heavy atom. The average molecular weight is 388 g/mol. The van der Waals surface area contributed by atoms with Gasteiger partial charge in [-0.15, -0.1) is 0 Å². The summed E-state index contributed by atoms with van der Waals surface area (Å²) in [5.74, 6) is 1.14. The zero-order valence-electron chi connectivity index (χ0n) is 16.0. The van der Waals surface area contributed by atoms with Crippen LogP contribution in [-0.4, -0.2) is 49.9 Å². The van der Waals surface area contributed by atoms with E-state index in [0.29, 0.717) is 17.1 Å². The second kappa shape index (κ2) is 8.41. The van der Waals surface area contributed by atoms with Crippen LogP contribution in [0.1, 0.15) is 28.7 Å². The summed E-state index contributed by atoms with van der Waals surface area (Å²) < 4.78 is 22.1. The molecule has 7 nitrogen and oxygen atoms in total. The van der Waals surface area contributed by atoms with Crippen molar-refractivity contribution in [2.24, 2.45) is 0 Å². The van der Waals surface area contributed by atoms with Gasteiger partial charge in [-0.3, -0.25) is 0 Å². The molecule has 2 unspecified atom stereocenters. The highest BCUT2D eigenvalue weighted by Gasteiger charge is 2.38. The first-order chi connectivity index (χ1) is 13.6. The van der Waals surface area contributed by atoms with Crippen molar-refractivity contribution in [1.29, 1.82) is 0 Å². The van der Waals surface area contributed by atoms with Crippen LogP contribution in [0.3, 0.4) is 0 Å². The Bertz CT molecular complexity index is 850. The second-order valence-electron chi connectivity index (χ2n) is 6.33. The van der Waals surface area contributed by atoms with Crippen LogP contribution in [0, 0.1) is 0 Å². The molecule has 0 radical (unpaired) electrons. The first-order valence-corrected chi connectivity index (χ1v) is 8.79. The lowest BCUT2D eigenvalue weighted by molar-refractivity contribution is 0.156. The van der Waals surface area contributed by atoms with Crippen molar-refractivity contribution in [3.05, 3.63) is 47.0 Å². The minimum Gasteiger partial charge on any atom is -0.502 e. The zero-order chi connectivity index (χ0) is 20.3. The summed E-state index contributed by atoms with van der Waals surface area (Å²) in [6.07, 6.45) is 2.88. The third kappa shape index (κ3) is 3.46. The van der Waals surface area contributed by atoms with Crippen LogP contribution >= 0.6 is 0 Å². The van der Waals surface area contributed by atoms with E-state index in [-0.39, 0.29) is 36.4 Å². The summed E-state index contributed by atoms with van der Waals surface area (Å²) in [6.45, 7) is -0.228. The summed E-state index contributed by atoms with van der Waals surface area (Å²) in [5, 5.41) is 29.3. The molecule has 0 bridgehead atoms. The van der Waals surface area contributed by atoms with E-state index >= 15 is 0 Å². The Kier molecular flexibility index (Phi) is 5.96. The van der Waals surface area contributed by atoms with E-state index in [9.17, 15) is 10.2 Å². The van der Waals surface area contributed by atoms with E-state index in [0.717, 1.165) is 11.1 Å². The van der Waals surface area contributed by atoms with E-state index < -0.39 is 6.10 Å². The third-order valence-corrected chi connectivity index (χ3v) is 4.78. The van der Waals surface area contributed by atoms with Crippen LogP contribution in [0.2, 0.25) is 0 Å². The van der Waals surface area contributed by atoms with Crippen molar-refractivity contribution < 1.29 is 34.3 Å². The maximum atomic E-state index is 10.2. The average Bonchev–Trinajstić information content (AvgIpc) is 3.10. The number of phenols is 1. The van der Waals surface area contributed by atoms with Crippen molar-refractivity contribution in [2.75, 3.05) is 34.5 Å². The Labute approximate surface area is 163 Å². The molecule has 0 fully saturated rings. The fourth-order valence-electron chi connectivity index (χ4n) is 3.43. The van der Waals surface area contributed by atoms with Gasteiger partial charge < -0.3 is 34.3 Å². The van der Waals surface area contributed by atoms with Gasteiger partial charge in [0.1, 0.15) is 6.10 Å². The molecule has 1 aliphatic heterocycles. The van der Waals surface area contributed by atoms with Crippen LogP contribution in [0.5, 0.6) is 28.7 Å². The molecule has 2 atom stereocenters. The van der Waals surface area contributed by atoms with Gasteiger partial charge in [0.25, 0.3) is 0 Å². The fourth-order valence-corrected chi connectivity index (χ4v) is 3.43. The summed E-state index contributed by atoms with van der Waals surface area (Å²) in [4.78, 5) is 0. The highest BCUT2D eigenvalue weighted by molar-refractivity contribution is 5.63. The lowest BCUT2D eigenvalue weighted by Gasteiger charge is -2.20. The molecule has 2 aromatic rings. The van der Waals surface area contributed by atoms with E-state index in [4.69, 9.17) is 24.1 Å². The number of fused-ring (bicyclic) bond motifs is 1. The van der Waals surface area contributed by atoms with Crippen molar-refractivity contribution in [3.8, 4) is 28.7 Å². The maximum absolute atomic E-state index is 10.2. The van der Waals surface area contributed by atoms with Crippen LogP contribution in [-0.2, 0) is 0 Å². The molecule has 0 spiro atoms. The van der Waals surface area contributed by atoms with Gasteiger partial charge in [0, 0.05) is 11.1 Å². The van der Waals surface area contributed by atoms with E-state index in [1.54, 1.807) is 37.5 Å². The van der Waals surface area contributed by atoms with Crippen molar-refractivity contribution in [3.63, 3.8) is 0 Å². The highest BCUT2D eigenvalue weighted by atomic mass is 16.5. The van der Waals surface area contributed by atoms with Crippen LogP contribution in [0.15, 0.2) is 30.3 Å². The quantitative estimate of drug-likeness (QED) is 0.671. The molecule has 0 saturated heterocycles. The molecule has 1 heterocycles. The van der Waals surface area contributed by atoms with E-state index in [1.807, 2.05) is 6.07 Å². The number of benzene rings is 2. The molecule has 3 rings (SSSR count). The number of aliphatic hydroxyl groups excluding tert-OH is 2. The molecule has 1 aliphatic rings. The maximum Gasteiger partial charge on any atom is 0.200 e. The number of aliphatic hydroxyl groups is 2. The lowest BCUT2D eigenvalue weighted by Crippen LogP contribution is -2.13. The standard InChI is InChI=1S/C21H24O7/c1-25-16-9-13(10-17(26-2)19(16)24)20-15(11-23)14-7-12(5-4-6-22)8-18(27-3)21(14)28-20/h4-5,7-10,15,20,22-24H,6,11H2,1-3H3/b5-4+. The predicted octanol–water partition coefficient (Wildman–Crippen LogP) is 2.63. The van der Waals surface area contributed by atoms with Gasteiger partial charge in [0.15, 0.2) is 23.0 Å². The third-order valence-electron chi connectivity index (χ3n) is 4.78. The topological polar surface area (TPSA) is 97.6 Å². The normalized spacial score (nSPS) is 18.0. The fraction of sp³-hybridized carbons (Fsp3) is 0.333. The van der Waals surface area contributed by atoms with Gasteiger partial charge in [0.2, 0.25) is 5.75 Å². The lowest BCUT2D eigenvalue weighted by atomic mass is 9.90. The molecular formula is C21H24O7. The number of rotatable bonds is 7. The van der Waals surface area contributed by atoms with E-state index in [1.165, 1.54) is 14.2 Å². The first kappa shape index (κ1) is 19.9. The summed E-state index contributed by atoms with van der Waals surface area (Å²) in [6, 6.07) is 7.03. The molecule has 0 aromatic heterocycles. The molecule has 28 heavy (non-hydrogen) atoms. The molecule has 0 amide bonds. The molecule has 150 valence electrons. The van der Waals surface area contributed by atoms with E-state index in [2.05, 4.69) is 0 Å². The van der Waals surface area contributed by atoms with Gasteiger partial charge in [-0.1, -0.05) is 12.2 Å². The summed E-state index contributed by atoms with van der Waals surface area (Å²) >= 11 is 0. The molecule has 2 aromatic carbocycles. The Balaban J connectivity index is 2.09. The SMILES string of the molecule is COc1cc(C2Oc3c(OC)cc(/C=C/CO)cc3C2CO)cc(OC)c1O. The number of phenolic OH excluding ortho intramolecular Hbond substituents is 1. The molecule has 0 saturated carbocycles. The largest absolute Gasteiger partial charge is 0.502 e. The number of hydrogen-bond donors (Lipinski definition) is 3. The van der Waals surface area contributed by atoms with Crippen LogP contribution < -0.4 is 18.9 Å². The van der Waals surface area contributed by atoms with Crippen LogP contribution in [0.25, 0.3) is 6.08 Å². The number of hydrogen-bond acceptors (Lipinski definition) is 7. The van der Waals surface area contributed by atoms with Gasteiger partial charge in [0.05, 0.1) is 40.5 Å². The second-order valence-corrected chi connectivity index (χ2v) is 6.33. The Morgan fingerprint density at radius 3 is 2.14 bits per heavy atom.